The van der Waals surface area contributed by atoms with Crippen LogP contribution in [0.4, 0.5) is 10.5 Å². The number of aryl methyl sites for hydroxylation is 1. The van der Waals surface area contributed by atoms with Crippen LogP contribution in [0.15, 0.2) is 24.3 Å². The second kappa shape index (κ2) is 3.84. The topological polar surface area (TPSA) is 52.7 Å². The van der Waals surface area contributed by atoms with Gasteiger partial charge in [-0.1, -0.05) is 18.2 Å². The number of para-hydroxylation sites is 1. The minimum atomic E-state index is -0.403. The number of nitrogens with one attached hydrogen (secondary N) is 1. The summed E-state index contributed by atoms with van der Waals surface area (Å²) in [7, 11) is 1.47. The van der Waals surface area contributed by atoms with Crippen molar-refractivity contribution in [3.05, 3.63) is 29.8 Å². The molecule has 3 amide bonds. The van der Waals surface area contributed by atoms with Gasteiger partial charge in [0.05, 0.1) is 5.69 Å². The van der Waals surface area contributed by atoms with Crippen LogP contribution in [-0.2, 0) is 4.79 Å². The number of urea groups is 1. The monoisotopic (exact) mass is 219 g/mol. The molecule has 0 aromatic heterocycles. The van der Waals surface area contributed by atoms with Gasteiger partial charge in [0, 0.05) is 7.05 Å². The van der Waals surface area contributed by atoms with Crippen LogP contribution in [-0.4, -0.2) is 30.4 Å². The molecule has 1 saturated heterocycles. The van der Waals surface area contributed by atoms with Crippen LogP contribution in [0.25, 0.3) is 0 Å². The Bertz CT molecular complexity index is 427. The van der Waals surface area contributed by atoms with Crippen molar-refractivity contribution in [3.63, 3.8) is 0 Å². The summed E-state index contributed by atoms with van der Waals surface area (Å²) in [5.74, 6) is -0.216. The first-order valence-electron chi connectivity index (χ1n) is 5.00. The van der Waals surface area contributed by atoms with E-state index in [1.165, 1.54) is 7.05 Å². The number of benzene rings is 1. The van der Waals surface area contributed by atoms with Crippen molar-refractivity contribution in [1.29, 1.82) is 0 Å². The van der Waals surface area contributed by atoms with E-state index in [4.69, 9.17) is 0 Å². The highest BCUT2D eigenvalue weighted by Gasteiger charge is 2.28. The molecule has 84 valence electrons. The van der Waals surface area contributed by atoms with Crippen LogP contribution in [0.5, 0.6) is 0 Å². The SMILES string of the molecule is Cc1ccccc1N1CC(=O)N(C)C(=O)N1. The molecule has 0 aliphatic carbocycles. The number of anilines is 1. The van der Waals surface area contributed by atoms with Gasteiger partial charge in [-0.3, -0.25) is 14.7 Å². The van der Waals surface area contributed by atoms with Gasteiger partial charge >= 0.3 is 6.03 Å². The van der Waals surface area contributed by atoms with Crippen molar-refractivity contribution < 1.29 is 9.59 Å². The van der Waals surface area contributed by atoms with Gasteiger partial charge in [0.1, 0.15) is 6.54 Å². The van der Waals surface area contributed by atoms with Gasteiger partial charge in [0.15, 0.2) is 0 Å². The first kappa shape index (κ1) is 10.5. The zero-order valence-corrected chi connectivity index (χ0v) is 9.23. The lowest BCUT2D eigenvalue weighted by Crippen LogP contribution is -2.59. The Morgan fingerprint density at radius 2 is 1.94 bits per heavy atom. The van der Waals surface area contributed by atoms with Crippen LogP contribution in [0.1, 0.15) is 5.56 Å². The molecule has 1 heterocycles. The highest BCUT2D eigenvalue weighted by atomic mass is 16.2. The molecule has 1 aliphatic heterocycles. The van der Waals surface area contributed by atoms with Crippen molar-refractivity contribution in [2.24, 2.45) is 0 Å². The molecule has 0 atom stereocenters. The third-order valence-electron chi connectivity index (χ3n) is 2.61. The molecule has 1 fully saturated rings. The van der Waals surface area contributed by atoms with Crippen LogP contribution in [0.3, 0.4) is 0 Å². The maximum absolute atomic E-state index is 11.5. The fourth-order valence-corrected chi connectivity index (χ4v) is 1.60. The lowest BCUT2D eigenvalue weighted by molar-refractivity contribution is -0.126. The van der Waals surface area contributed by atoms with Gasteiger partial charge in [0.25, 0.3) is 5.91 Å². The molecule has 0 radical (unpaired) electrons. The molecule has 0 bridgehead atoms. The normalized spacial score (nSPS) is 16.4. The van der Waals surface area contributed by atoms with Crippen LogP contribution < -0.4 is 10.4 Å². The van der Waals surface area contributed by atoms with Crippen LogP contribution >= 0.6 is 0 Å². The second-order valence-electron chi connectivity index (χ2n) is 3.74. The van der Waals surface area contributed by atoms with Crippen molar-refractivity contribution in [2.45, 2.75) is 6.92 Å². The highest BCUT2D eigenvalue weighted by Crippen LogP contribution is 2.19. The first-order valence-corrected chi connectivity index (χ1v) is 5.00. The molecule has 1 aromatic rings. The van der Waals surface area contributed by atoms with E-state index in [1.807, 2.05) is 31.2 Å². The van der Waals surface area contributed by atoms with Gasteiger partial charge < -0.3 is 0 Å². The van der Waals surface area contributed by atoms with Gasteiger partial charge in [-0.15, -0.1) is 0 Å². The molecule has 1 N–H and O–H groups in total. The summed E-state index contributed by atoms with van der Waals surface area (Å²) in [5.41, 5.74) is 4.51. The molecular weight excluding hydrogens is 206 g/mol. The van der Waals surface area contributed by atoms with Crippen molar-refractivity contribution >= 4 is 17.6 Å². The highest BCUT2D eigenvalue weighted by molar-refractivity contribution is 5.99. The number of hydrogen-bond donors (Lipinski definition) is 1. The fourth-order valence-electron chi connectivity index (χ4n) is 1.60. The van der Waals surface area contributed by atoms with Gasteiger partial charge in [-0.25, -0.2) is 10.2 Å². The first-order chi connectivity index (χ1) is 7.59. The molecule has 0 saturated carbocycles. The van der Waals surface area contributed by atoms with Gasteiger partial charge in [0.2, 0.25) is 0 Å². The predicted octanol–water partition coefficient (Wildman–Crippen LogP) is 0.898. The number of carbonyl (C=O) groups excluding carboxylic acids is 2. The quantitative estimate of drug-likeness (QED) is 0.763. The predicted molar refractivity (Wildman–Crippen MR) is 59.8 cm³/mol. The van der Waals surface area contributed by atoms with Crippen molar-refractivity contribution in [2.75, 3.05) is 18.6 Å². The number of carbonyl (C=O) groups is 2. The van der Waals surface area contributed by atoms with Gasteiger partial charge in [-0.2, -0.15) is 0 Å². The molecule has 5 nitrogen and oxygen atoms in total. The maximum Gasteiger partial charge on any atom is 0.342 e. The minimum absolute atomic E-state index is 0.160. The Morgan fingerprint density at radius 3 is 2.56 bits per heavy atom. The Morgan fingerprint density at radius 1 is 1.25 bits per heavy atom. The van der Waals surface area contributed by atoms with Crippen LogP contribution in [0, 0.1) is 6.92 Å². The Hall–Kier alpha value is -2.04. The molecule has 2 rings (SSSR count). The number of hydrazine groups is 1. The van der Waals surface area contributed by atoms with E-state index in [0.29, 0.717) is 0 Å². The Labute approximate surface area is 93.6 Å². The van der Waals surface area contributed by atoms with Crippen LogP contribution in [0.2, 0.25) is 0 Å². The van der Waals surface area contributed by atoms with E-state index in [-0.39, 0.29) is 12.5 Å². The summed E-state index contributed by atoms with van der Waals surface area (Å²) in [4.78, 5) is 24.1. The number of nitrogens with zero attached hydrogens (tertiary/aromatic N) is 2. The number of likely N-dealkylation sites (N-methyl/N-ethyl adjacent to an activating group) is 1. The summed E-state index contributed by atoms with van der Waals surface area (Å²) >= 11 is 0. The number of amides is 3. The molecular formula is C11H13N3O2. The Balaban J connectivity index is 2.27. The lowest BCUT2D eigenvalue weighted by atomic mass is 10.2. The molecule has 1 aliphatic rings. The number of rotatable bonds is 1. The standard InChI is InChI=1S/C11H13N3O2/c1-8-5-3-4-6-9(8)14-7-10(15)13(2)11(16)12-14/h3-6H,7H2,1-2H3,(H,12,16). The van der Waals surface area contributed by atoms with E-state index in [1.54, 1.807) is 5.01 Å². The molecule has 0 unspecified atom stereocenters. The lowest BCUT2D eigenvalue weighted by Gasteiger charge is -2.33. The number of hydrogen-bond acceptors (Lipinski definition) is 3. The minimum Gasteiger partial charge on any atom is -0.274 e. The Kier molecular flexibility index (Phi) is 2.52. The van der Waals surface area contributed by atoms with E-state index >= 15 is 0 Å². The molecule has 0 spiro atoms. The van der Waals surface area contributed by atoms with E-state index in [0.717, 1.165) is 16.2 Å². The zero-order valence-electron chi connectivity index (χ0n) is 9.23. The van der Waals surface area contributed by atoms with Crippen molar-refractivity contribution in [1.82, 2.24) is 10.3 Å². The average Bonchev–Trinajstić information content (AvgIpc) is 2.26. The van der Waals surface area contributed by atoms with E-state index in [2.05, 4.69) is 5.43 Å². The largest absolute Gasteiger partial charge is 0.342 e. The van der Waals surface area contributed by atoms with E-state index < -0.39 is 6.03 Å². The summed E-state index contributed by atoms with van der Waals surface area (Å²) in [6.45, 7) is 2.09. The average molecular weight is 219 g/mol. The second-order valence-corrected chi connectivity index (χ2v) is 3.74. The zero-order chi connectivity index (χ0) is 11.7. The molecule has 1 aromatic carbocycles. The van der Waals surface area contributed by atoms with E-state index in [9.17, 15) is 9.59 Å². The summed E-state index contributed by atoms with van der Waals surface area (Å²) < 4.78 is 0. The fraction of sp³-hybridized carbons (Fsp3) is 0.273. The number of imide groups is 1. The van der Waals surface area contributed by atoms with Gasteiger partial charge in [-0.05, 0) is 18.6 Å². The summed E-state index contributed by atoms with van der Waals surface area (Å²) in [6, 6.07) is 7.19. The third kappa shape index (κ3) is 1.71. The smallest absolute Gasteiger partial charge is 0.274 e. The summed E-state index contributed by atoms with van der Waals surface area (Å²) in [5, 5.41) is 1.57. The van der Waals surface area contributed by atoms with Crippen molar-refractivity contribution in [3.8, 4) is 0 Å². The molecule has 5 heteroatoms. The maximum atomic E-state index is 11.5. The summed E-state index contributed by atoms with van der Waals surface area (Å²) in [6.07, 6.45) is 0. The molecule has 16 heavy (non-hydrogen) atoms. The third-order valence-corrected chi connectivity index (χ3v) is 2.61.